The molecule has 0 radical (unpaired) electrons. The molecule has 3 heterocycles. The van der Waals surface area contributed by atoms with Crippen LogP contribution < -0.4 is 0 Å². The lowest BCUT2D eigenvalue weighted by atomic mass is 9.95. The average Bonchev–Trinajstić information content (AvgIpc) is 3.12. The highest BCUT2D eigenvalue weighted by molar-refractivity contribution is 5.80. The van der Waals surface area contributed by atoms with Crippen molar-refractivity contribution in [3.63, 3.8) is 0 Å². The molecule has 0 bridgehead atoms. The van der Waals surface area contributed by atoms with Gasteiger partial charge in [-0.3, -0.25) is 4.40 Å². The topological polar surface area (TPSA) is 43.1 Å². The van der Waals surface area contributed by atoms with Gasteiger partial charge in [-0.1, -0.05) is 65.3 Å². The summed E-state index contributed by atoms with van der Waals surface area (Å²) in [6.07, 6.45) is 7.19. The van der Waals surface area contributed by atoms with E-state index < -0.39 is 0 Å². The summed E-state index contributed by atoms with van der Waals surface area (Å²) in [5, 5.41) is 0. The number of aromatic nitrogens is 4. The number of hydrogen-bond donors (Lipinski definition) is 0. The number of imidazole rings is 1. The van der Waals surface area contributed by atoms with Gasteiger partial charge in [0, 0.05) is 23.4 Å². The third-order valence-electron chi connectivity index (χ3n) is 5.43. The third kappa shape index (κ3) is 3.87. The molecule has 0 aliphatic heterocycles. The second-order valence-corrected chi connectivity index (χ2v) is 8.89. The molecular formula is C26H30N4. The summed E-state index contributed by atoms with van der Waals surface area (Å²) in [7, 11) is 0. The van der Waals surface area contributed by atoms with Crippen molar-refractivity contribution in [1.82, 2.24) is 19.4 Å². The first-order valence-electron chi connectivity index (χ1n) is 10.8. The predicted molar refractivity (Wildman–Crippen MR) is 124 cm³/mol. The van der Waals surface area contributed by atoms with E-state index in [2.05, 4.69) is 86.6 Å². The van der Waals surface area contributed by atoms with E-state index in [1.807, 2.05) is 12.3 Å². The molecule has 0 N–H and O–H groups in total. The van der Waals surface area contributed by atoms with E-state index in [0.29, 0.717) is 0 Å². The van der Waals surface area contributed by atoms with E-state index in [4.69, 9.17) is 9.97 Å². The number of aryl methyl sites for hydroxylation is 2. The second-order valence-electron chi connectivity index (χ2n) is 8.89. The maximum atomic E-state index is 5.05. The van der Waals surface area contributed by atoms with Crippen molar-refractivity contribution in [3.05, 3.63) is 71.8 Å². The summed E-state index contributed by atoms with van der Waals surface area (Å²) in [6.45, 7) is 10.8. The van der Waals surface area contributed by atoms with Gasteiger partial charge in [-0.05, 0) is 42.2 Å². The molecule has 1 aromatic carbocycles. The fraction of sp³-hybridized carbons (Fsp3) is 0.346. The highest BCUT2D eigenvalue weighted by Gasteiger charge is 2.21. The van der Waals surface area contributed by atoms with E-state index in [1.165, 1.54) is 11.1 Å². The monoisotopic (exact) mass is 398 g/mol. The van der Waals surface area contributed by atoms with E-state index in [9.17, 15) is 0 Å². The number of pyridine rings is 1. The van der Waals surface area contributed by atoms with Crippen molar-refractivity contribution in [2.45, 2.75) is 59.3 Å². The molecule has 0 aliphatic carbocycles. The number of hydrogen-bond acceptors (Lipinski definition) is 3. The SMILES string of the molecule is CCCc1ccn2c(-c3ccnc(C(C)(C)C)n3)c(-c3ccc(CC)cc3)nc2c1. The molecule has 0 atom stereocenters. The molecule has 0 unspecified atom stereocenters. The maximum Gasteiger partial charge on any atom is 0.138 e. The second kappa shape index (κ2) is 8.02. The van der Waals surface area contributed by atoms with Crippen molar-refractivity contribution in [1.29, 1.82) is 0 Å². The third-order valence-corrected chi connectivity index (χ3v) is 5.43. The Morgan fingerprint density at radius 1 is 0.900 bits per heavy atom. The molecule has 30 heavy (non-hydrogen) atoms. The van der Waals surface area contributed by atoms with Crippen LogP contribution in [0.3, 0.4) is 0 Å². The van der Waals surface area contributed by atoms with Gasteiger partial charge < -0.3 is 0 Å². The minimum atomic E-state index is -0.117. The number of benzene rings is 1. The Kier molecular flexibility index (Phi) is 5.42. The van der Waals surface area contributed by atoms with Crippen molar-refractivity contribution in [3.8, 4) is 22.6 Å². The zero-order valence-corrected chi connectivity index (χ0v) is 18.6. The standard InChI is InChI=1S/C26H30N4/c1-6-8-19-14-16-30-22(17-19)29-23(20-11-9-18(7-2)10-12-20)24(30)21-13-15-27-25(28-21)26(3,4)5/h9-17H,6-8H2,1-5H3. The molecule has 0 fully saturated rings. The summed E-state index contributed by atoms with van der Waals surface area (Å²) in [5.74, 6) is 0.838. The minimum Gasteiger partial charge on any atom is -0.298 e. The molecule has 0 spiro atoms. The summed E-state index contributed by atoms with van der Waals surface area (Å²) in [6, 6.07) is 15.1. The van der Waals surface area contributed by atoms with Crippen LogP contribution in [0.5, 0.6) is 0 Å². The first-order chi connectivity index (χ1) is 14.4. The molecule has 0 saturated heterocycles. The Labute approximate surface area is 179 Å². The summed E-state index contributed by atoms with van der Waals surface area (Å²) >= 11 is 0. The summed E-state index contributed by atoms with van der Waals surface area (Å²) in [5.41, 5.74) is 7.47. The van der Waals surface area contributed by atoms with Gasteiger partial charge in [0.1, 0.15) is 11.5 Å². The Balaban J connectivity index is 1.95. The van der Waals surface area contributed by atoms with E-state index in [0.717, 1.165) is 53.4 Å². The number of fused-ring (bicyclic) bond motifs is 1. The van der Waals surface area contributed by atoms with Crippen LogP contribution >= 0.6 is 0 Å². The van der Waals surface area contributed by atoms with Gasteiger partial charge in [-0.2, -0.15) is 0 Å². The predicted octanol–water partition coefficient (Wildman–Crippen LogP) is 6.27. The van der Waals surface area contributed by atoms with Gasteiger partial charge in [0.15, 0.2) is 0 Å². The zero-order chi connectivity index (χ0) is 21.3. The molecule has 4 nitrogen and oxygen atoms in total. The van der Waals surface area contributed by atoms with Gasteiger partial charge in [0.05, 0.1) is 17.1 Å². The van der Waals surface area contributed by atoms with E-state index in [1.54, 1.807) is 0 Å². The zero-order valence-electron chi connectivity index (χ0n) is 18.6. The summed E-state index contributed by atoms with van der Waals surface area (Å²) in [4.78, 5) is 14.5. The van der Waals surface area contributed by atoms with Crippen LogP contribution in [0.25, 0.3) is 28.3 Å². The van der Waals surface area contributed by atoms with Crippen molar-refractivity contribution >= 4 is 5.65 Å². The molecule has 4 heteroatoms. The first kappa shape index (κ1) is 20.3. The van der Waals surface area contributed by atoms with Gasteiger partial charge in [0.2, 0.25) is 0 Å². The van der Waals surface area contributed by atoms with Crippen molar-refractivity contribution < 1.29 is 0 Å². The molecule has 154 valence electrons. The number of rotatable bonds is 5. The average molecular weight is 399 g/mol. The van der Waals surface area contributed by atoms with Gasteiger partial charge in [-0.25, -0.2) is 15.0 Å². The molecule has 0 saturated carbocycles. The van der Waals surface area contributed by atoms with Crippen LogP contribution in [0, 0.1) is 0 Å². The Hall–Kier alpha value is -3.01. The quantitative estimate of drug-likeness (QED) is 0.398. The number of nitrogens with zero attached hydrogens (tertiary/aromatic N) is 4. The lowest BCUT2D eigenvalue weighted by Crippen LogP contribution is -2.16. The normalized spacial score (nSPS) is 11.9. The summed E-state index contributed by atoms with van der Waals surface area (Å²) < 4.78 is 2.16. The molecule has 0 amide bonds. The first-order valence-corrected chi connectivity index (χ1v) is 10.8. The molecule has 0 aliphatic rings. The van der Waals surface area contributed by atoms with Crippen molar-refractivity contribution in [2.24, 2.45) is 0 Å². The van der Waals surface area contributed by atoms with E-state index in [-0.39, 0.29) is 5.41 Å². The van der Waals surface area contributed by atoms with Gasteiger partial charge in [0.25, 0.3) is 0 Å². The Bertz CT molecular complexity index is 1160. The minimum absolute atomic E-state index is 0.117. The van der Waals surface area contributed by atoms with Crippen LogP contribution in [0.2, 0.25) is 0 Å². The van der Waals surface area contributed by atoms with Crippen LogP contribution in [0.1, 0.15) is 58.0 Å². The van der Waals surface area contributed by atoms with Crippen LogP contribution in [-0.2, 0) is 18.3 Å². The van der Waals surface area contributed by atoms with Gasteiger partial charge in [-0.15, -0.1) is 0 Å². The Morgan fingerprint density at radius 2 is 1.67 bits per heavy atom. The van der Waals surface area contributed by atoms with Gasteiger partial charge >= 0.3 is 0 Å². The fourth-order valence-corrected chi connectivity index (χ4v) is 3.73. The molecule has 4 aromatic rings. The van der Waals surface area contributed by atoms with Crippen LogP contribution in [0.4, 0.5) is 0 Å². The lowest BCUT2D eigenvalue weighted by molar-refractivity contribution is 0.546. The highest BCUT2D eigenvalue weighted by atomic mass is 15.0. The smallest absolute Gasteiger partial charge is 0.138 e. The van der Waals surface area contributed by atoms with Crippen molar-refractivity contribution in [2.75, 3.05) is 0 Å². The lowest BCUT2D eigenvalue weighted by Gasteiger charge is -2.17. The molecule has 4 rings (SSSR count). The highest BCUT2D eigenvalue weighted by Crippen LogP contribution is 2.33. The molecular weight excluding hydrogens is 368 g/mol. The van der Waals surface area contributed by atoms with E-state index >= 15 is 0 Å². The maximum absolute atomic E-state index is 5.05. The van der Waals surface area contributed by atoms with Crippen LogP contribution in [0.15, 0.2) is 54.9 Å². The Morgan fingerprint density at radius 3 is 2.33 bits per heavy atom. The molecule has 3 aromatic heterocycles. The fourth-order valence-electron chi connectivity index (χ4n) is 3.73. The van der Waals surface area contributed by atoms with Crippen LogP contribution in [-0.4, -0.2) is 19.4 Å². The largest absolute Gasteiger partial charge is 0.298 e.